The van der Waals surface area contributed by atoms with Crippen molar-refractivity contribution in [2.24, 2.45) is 5.92 Å². The SMILES string of the molecule is O=C(Nc1cccc(Cc2nn[nH]n2)n1)C1CSC1. The highest BCUT2D eigenvalue weighted by atomic mass is 32.2. The van der Waals surface area contributed by atoms with Gasteiger partial charge in [0.2, 0.25) is 5.91 Å². The molecule has 1 amide bonds. The molecule has 0 bridgehead atoms. The van der Waals surface area contributed by atoms with Gasteiger partial charge in [0.25, 0.3) is 0 Å². The standard InChI is InChI=1S/C11H12N6OS/c18-11(7-5-19-6-7)13-9-3-1-2-8(12-9)4-10-14-16-17-15-10/h1-3,7H,4-6H2,(H,12,13,18)(H,14,15,16,17). The van der Waals surface area contributed by atoms with Crippen LogP contribution in [-0.4, -0.2) is 43.0 Å². The third-order valence-corrected chi connectivity index (χ3v) is 4.07. The van der Waals surface area contributed by atoms with E-state index in [2.05, 4.69) is 30.9 Å². The smallest absolute Gasteiger partial charge is 0.230 e. The fraction of sp³-hybridized carbons (Fsp3) is 0.364. The average Bonchev–Trinajstić information content (AvgIpc) is 2.79. The van der Waals surface area contributed by atoms with Gasteiger partial charge in [0.1, 0.15) is 5.82 Å². The van der Waals surface area contributed by atoms with Crippen molar-refractivity contribution in [1.29, 1.82) is 0 Å². The number of pyridine rings is 1. The van der Waals surface area contributed by atoms with Crippen LogP contribution in [-0.2, 0) is 11.2 Å². The number of nitrogens with one attached hydrogen (secondary N) is 2. The molecular weight excluding hydrogens is 264 g/mol. The van der Waals surface area contributed by atoms with Crippen LogP contribution < -0.4 is 5.32 Å². The first-order valence-electron chi connectivity index (χ1n) is 5.88. The molecule has 19 heavy (non-hydrogen) atoms. The molecule has 0 spiro atoms. The van der Waals surface area contributed by atoms with Crippen molar-refractivity contribution >= 4 is 23.5 Å². The second-order valence-corrected chi connectivity index (χ2v) is 5.32. The Labute approximate surface area is 113 Å². The lowest BCUT2D eigenvalue weighted by atomic mass is 10.2. The molecular formula is C11H12N6OS. The van der Waals surface area contributed by atoms with Crippen molar-refractivity contribution < 1.29 is 4.79 Å². The molecule has 1 aliphatic rings. The topological polar surface area (TPSA) is 96.5 Å². The summed E-state index contributed by atoms with van der Waals surface area (Å²) >= 11 is 1.78. The Balaban J connectivity index is 1.67. The van der Waals surface area contributed by atoms with Crippen molar-refractivity contribution in [3.8, 4) is 0 Å². The third kappa shape index (κ3) is 2.90. The number of aromatic amines is 1. The summed E-state index contributed by atoms with van der Waals surface area (Å²) in [6.07, 6.45) is 0.486. The maximum atomic E-state index is 11.8. The molecule has 98 valence electrons. The zero-order valence-electron chi connectivity index (χ0n) is 10.0. The Bertz CT molecular complexity index is 568. The summed E-state index contributed by atoms with van der Waals surface area (Å²) in [5.41, 5.74) is 0.794. The molecule has 2 aromatic rings. The van der Waals surface area contributed by atoms with E-state index in [0.29, 0.717) is 18.1 Å². The van der Waals surface area contributed by atoms with E-state index in [9.17, 15) is 4.79 Å². The van der Waals surface area contributed by atoms with Crippen LogP contribution in [0.1, 0.15) is 11.5 Å². The highest BCUT2D eigenvalue weighted by Gasteiger charge is 2.26. The summed E-state index contributed by atoms with van der Waals surface area (Å²) in [7, 11) is 0. The lowest BCUT2D eigenvalue weighted by Gasteiger charge is -2.23. The van der Waals surface area contributed by atoms with Gasteiger partial charge >= 0.3 is 0 Å². The van der Waals surface area contributed by atoms with Crippen LogP contribution >= 0.6 is 11.8 Å². The number of tetrazole rings is 1. The fourth-order valence-corrected chi connectivity index (χ4v) is 2.46. The third-order valence-electron chi connectivity index (χ3n) is 2.80. The predicted molar refractivity (Wildman–Crippen MR) is 70.7 cm³/mol. The van der Waals surface area contributed by atoms with Crippen LogP contribution in [0.3, 0.4) is 0 Å². The van der Waals surface area contributed by atoms with Crippen molar-refractivity contribution in [2.75, 3.05) is 16.8 Å². The largest absolute Gasteiger partial charge is 0.310 e. The summed E-state index contributed by atoms with van der Waals surface area (Å²) < 4.78 is 0. The highest BCUT2D eigenvalue weighted by Crippen LogP contribution is 2.25. The number of anilines is 1. The van der Waals surface area contributed by atoms with E-state index in [1.54, 1.807) is 17.8 Å². The van der Waals surface area contributed by atoms with Gasteiger partial charge in [-0.1, -0.05) is 11.3 Å². The van der Waals surface area contributed by atoms with E-state index >= 15 is 0 Å². The van der Waals surface area contributed by atoms with Gasteiger partial charge in [0, 0.05) is 11.5 Å². The molecule has 1 fully saturated rings. The first kappa shape index (κ1) is 12.1. The van der Waals surface area contributed by atoms with Crippen molar-refractivity contribution in [2.45, 2.75) is 6.42 Å². The Hall–Kier alpha value is -1.96. The fourth-order valence-electron chi connectivity index (χ4n) is 1.68. The molecule has 0 saturated carbocycles. The molecule has 0 unspecified atom stereocenters. The van der Waals surface area contributed by atoms with Gasteiger partial charge in [-0.2, -0.15) is 17.0 Å². The van der Waals surface area contributed by atoms with Gasteiger partial charge in [-0.25, -0.2) is 4.98 Å². The van der Waals surface area contributed by atoms with Crippen LogP contribution in [0.4, 0.5) is 5.82 Å². The lowest BCUT2D eigenvalue weighted by Crippen LogP contribution is -2.32. The molecule has 1 saturated heterocycles. The van der Waals surface area contributed by atoms with Gasteiger partial charge in [-0.15, -0.1) is 10.2 Å². The van der Waals surface area contributed by atoms with Crippen LogP contribution in [0.25, 0.3) is 0 Å². The molecule has 0 atom stereocenters. The Morgan fingerprint density at radius 1 is 1.47 bits per heavy atom. The number of carbonyl (C=O) groups is 1. The lowest BCUT2D eigenvalue weighted by molar-refractivity contribution is -0.118. The zero-order chi connectivity index (χ0) is 13.1. The molecule has 3 heterocycles. The first-order valence-corrected chi connectivity index (χ1v) is 7.03. The van der Waals surface area contributed by atoms with E-state index in [1.165, 1.54) is 0 Å². The molecule has 0 aliphatic carbocycles. The number of hydrogen-bond donors (Lipinski definition) is 2. The van der Waals surface area contributed by atoms with Crippen LogP contribution in [0.5, 0.6) is 0 Å². The number of hydrogen-bond acceptors (Lipinski definition) is 6. The van der Waals surface area contributed by atoms with Gasteiger partial charge in [-0.05, 0) is 12.1 Å². The summed E-state index contributed by atoms with van der Waals surface area (Å²) in [6.45, 7) is 0. The van der Waals surface area contributed by atoms with Gasteiger partial charge in [0.15, 0.2) is 5.82 Å². The van der Waals surface area contributed by atoms with E-state index < -0.39 is 0 Å². The summed E-state index contributed by atoms with van der Waals surface area (Å²) in [4.78, 5) is 16.2. The summed E-state index contributed by atoms with van der Waals surface area (Å²) in [6, 6.07) is 5.50. The number of carbonyl (C=O) groups excluding carboxylic acids is 1. The number of nitrogens with zero attached hydrogens (tertiary/aromatic N) is 4. The van der Waals surface area contributed by atoms with Gasteiger partial charge < -0.3 is 5.32 Å². The van der Waals surface area contributed by atoms with E-state index in [-0.39, 0.29) is 11.8 Å². The van der Waals surface area contributed by atoms with E-state index in [4.69, 9.17) is 0 Å². The minimum atomic E-state index is 0.0444. The van der Waals surface area contributed by atoms with Crippen molar-refractivity contribution in [3.63, 3.8) is 0 Å². The second kappa shape index (κ2) is 5.35. The molecule has 3 rings (SSSR count). The van der Waals surface area contributed by atoms with Crippen LogP contribution in [0.2, 0.25) is 0 Å². The second-order valence-electron chi connectivity index (χ2n) is 4.24. The van der Waals surface area contributed by atoms with Crippen LogP contribution in [0, 0.1) is 5.92 Å². The number of amides is 1. The van der Waals surface area contributed by atoms with Crippen molar-refractivity contribution in [3.05, 3.63) is 29.7 Å². The summed E-state index contributed by atoms with van der Waals surface area (Å²) in [5.74, 6) is 3.10. The average molecular weight is 276 g/mol. The monoisotopic (exact) mass is 276 g/mol. The van der Waals surface area contributed by atoms with Crippen LogP contribution in [0.15, 0.2) is 18.2 Å². The van der Waals surface area contributed by atoms with E-state index in [1.807, 2.05) is 12.1 Å². The summed E-state index contributed by atoms with van der Waals surface area (Å²) in [5, 5.41) is 16.5. The van der Waals surface area contributed by atoms with E-state index in [0.717, 1.165) is 17.2 Å². The normalized spacial score (nSPS) is 14.9. The maximum Gasteiger partial charge on any atom is 0.230 e. The molecule has 2 N–H and O–H groups in total. The number of aromatic nitrogens is 5. The maximum absolute atomic E-state index is 11.8. The Kier molecular flexibility index (Phi) is 3.41. The Morgan fingerprint density at radius 3 is 3.05 bits per heavy atom. The Morgan fingerprint density at radius 2 is 2.37 bits per heavy atom. The first-order chi connectivity index (χ1) is 9.31. The van der Waals surface area contributed by atoms with Crippen molar-refractivity contribution in [1.82, 2.24) is 25.6 Å². The molecule has 1 aliphatic heterocycles. The number of H-pyrrole nitrogens is 1. The number of thioether (sulfide) groups is 1. The molecule has 0 radical (unpaired) electrons. The minimum Gasteiger partial charge on any atom is -0.310 e. The zero-order valence-corrected chi connectivity index (χ0v) is 10.9. The number of rotatable bonds is 4. The minimum absolute atomic E-state index is 0.0444. The highest BCUT2D eigenvalue weighted by molar-refractivity contribution is 8.00. The molecule has 0 aromatic carbocycles. The molecule has 7 nitrogen and oxygen atoms in total. The van der Waals surface area contributed by atoms with Gasteiger partial charge in [-0.3, -0.25) is 4.79 Å². The van der Waals surface area contributed by atoms with Gasteiger partial charge in [0.05, 0.1) is 18.0 Å². The molecule has 2 aromatic heterocycles. The quantitative estimate of drug-likeness (QED) is 0.843. The predicted octanol–water partition coefficient (Wildman–Crippen LogP) is 0.487. The molecule has 8 heteroatoms.